The van der Waals surface area contributed by atoms with Gasteiger partial charge in [-0.3, -0.25) is 4.68 Å². The van der Waals surface area contributed by atoms with Crippen LogP contribution in [0.2, 0.25) is 0 Å². The summed E-state index contributed by atoms with van der Waals surface area (Å²) < 4.78 is 12.6. The van der Waals surface area contributed by atoms with Crippen LogP contribution in [0.15, 0.2) is 59.3 Å². The van der Waals surface area contributed by atoms with Crippen LogP contribution in [0.1, 0.15) is 5.56 Å². The van der Waals surface area contributed by atoms with Crippen LogP contribution < -0.4 is 4.74 Å². The number of rotatable bonds is 4. The third-order valence-corrected chi connectivity index (χ3v) is 4.33. The van der Waals surface area contributed by atoms with Gasteiger partial charge in [-0.15, -0.1) is 0 Å². The number of aromatic nitrogens is 4. The summed E-state index contributed by atoms with van der Waals surface area (Å²) in [6.45, 7) is 1.99. The highest BCUT2D eigenvalue weighted by Gasteiger charge is 2.14. The van der Waals surface area contributed by atoms with Crippen molar-refractivity contribution in [2.75, 3.05) is 7.11 Å². The van der Waals surface area contributed by atoms with Crippen molar-refractivity contribution in [3.63, 3.8) is 0 Å². The van der Waals surface area contributed by atoms with Gasteiger partial charge in [0.15, 0.2) is 0 Å². The minimum Gasteiger partial charge on any atom is -0.497 e. The molecule has 0 unspecified atom stereocenters. The van der Waals surface area contributed by atoms with Crippen molar-refractivity contribution in [1.82, 2.24) is 19.9 Å². The molecule has 0 N–H and O–H groups in total. The average Bonchev–Trinajstić information content (AvgIpc) is 3.31. The summed E-state index contributed by atoms with van der Waals surface area (Å²) in [6, 6.07) is 15.7. The summed E-state index contributed by atoms with van der Waals surface area (Å²) >= 11 is 0. The van der Waals surface area contributed by atoms with Crippen molar-refractivity contribution in [2.24, 2.45) is 7.05 Å². The molecule has 0 aliphatic rings. The van der Waals surface area contributed by atoms with Crippen LogP contribution in [0.4, 0.5) is 0 Å². The number of aryl methyl sites for hydroxylation is 2. The van der Waals surface area contributed by atoms with Crippen molar-refractivity contribution in [3.8, 4) is 39.8 Å². The van der Waals surface area contributed by atoms with Crippen molar-refractivity contribution >= 4 is 0 Å². The first-order valence-corrected chi connectivity index (χ1v) is 8.23. The molecule has 130 valence electrons. The van der Waals surface area contributed by atoms with E-state index >= 15 is 0 Å². The molecule has 6 nitrogen and oxygen atoms in total. The molecule has 26 heavy (non-hydrogen) atoms. The predicted molar refractivity (Wildman–Crippen MR) is 98.7 cm³/mol. The molecule has 0 bridgehead atoms. The van der Waals surface area contributed by atoms with E-state index in [1.807, 2.05) is 67.2 Å². The molecule has 0 saturated carbocycles. The zero-order valence-corrected chi connectivity index (χ0v) is 14.8. The monoisotopic (exact) mass is 346 g/mol. The molecule has 0 amide bonds. The molecule has 4 aromatic rings. The van der Waals surface area contributed by atoms with Crippen LogP contribution in [0.5, 0.6) is 5.75 Å². The number of hydrogen-bond acceptors (Lipinski definition) is 5. The van der Waals surface area contributed by atoms with E-state index < -0.39 is 0 Å². The van der Waals surface area contributed by atoms with E-state index in [9.17, 15) is 0 Å². The van der Waals surface area contributed by atoms with Crippen molar-refractivity contribution in [2.45, 2.75) is 6.92 Å². The van der Waals surface area contributed by atoms with E-state index in [1.165, 1.54) is 0 Å². The second-order valence-corrected chi connectivity index (χ2v) is 6.02. The Morgan fingerprint density at radius 2 is 1.88 bits per heavy atom. The van der Waals surface area contributed by atoms with Gasteiger partial charge in [-0.05, 0) is 42.8 Å². The van der Waals surface area contributed by atoms with Crippen molar-refractivity contribution in [1.29, 1.82) is 0 Å². The highest BCUT2D eigenvalue weighted by Crippen LogP contribution is 2.29. The van der Waals surface area contributed by atoms with E-state index in [4.69, 9.17) is 9.26 Å². The standard InChI is InChI=1S/C20H18N4O2/c1-13-11-16(25-3)7-8-17(13)20-22-19(23-26-20)15-6-4-5-14(12-15)18-9-10-21-24(18)2/h4-12H,1-3H3. The lowest BCUT2D eigenvalue weighted by Gasteiger charge is -2.04. The summed E-state index contributed by atoms with van der Waals surface area (Å²) in [6.07, 6.45) is 1.78. The molecule has 0 fully saturated rings. The van der Waals surface area contributed by atoms with Crippen LogP contribution in [-0.2, 0) is 7.05 Å². The maximum atomic E-state index is 5.49. The molecule has 0 aliphatic carbocycles. The molecule has 0 aliphatic heterocycles. The molecular weight excluding hydrogens is 328 g/mol. The molecule has 0 atom stereocenters. The Hall–Kier alpha value is -3.41. The first-order valence-electron chi connectivity index (χ1n) is 8.23. The first kappa shape index (κ1) is 16.1. The molecule has 0 spiro atoms. The first-order chi connectivity index (χ1) is 12.7. The SMILES string of the molecule is COc1ccc(-c2nc(-c3cccc(-c4ccnn4C)c3)no2)c(C)c1. The van der Waals surface area contributed by atoms with Crippen LogP contribution >= 0.6 is 0 Å². The van der Waals surface area contributed by atoms with Gasteiger partial charge in [0.1, 0.15) is 5.75 Å². The van der Waals surface area contributed by atoms with Crippen molar-refractivity contribution < 1.29 is 9.26 Å². The maximum Gasteiger partial charge on any atom is 0.258 e. The molecule has 0 saturated heterocycles. The largest absolute Gasteiger partial charge is 0.497 e. The highest BCUT2D eigenvalue weighted by atomic mass is 16.5. The number of ether oxygens (including phenoxy) is 1. The Morgan fingerprint density at radius 3 is 2.62 bits per heavy atom. The second kappa shape index (κ2) is 6.48. The van der Waals surface area contributed by atoms with Crippen LogP contribution in [0.25, 0.3) is 34.1 Å². The molecule has 2 aromatic heterocycles. The Kier molecular flexibility index (Phi) is 4.01. The number of nitrogens with zero attached hydrogens (tertiary/aromatic N) is 4. The molecule has 2 heterocycles. The van der Waals surface area contributed by atoms with Crippen molar-refractivity contribution in [3.05, 3.63) is 60.3 Å². The molecule has 6 heteroatoms. The predicted octanol–water partition coefficient (Wildman–Crippen LogP) is 4.12. The Morgan fingerprint density at radius 1 is 1.04 bits per heavy atom. The van der Waals surface area contributed by atoms with Gasteiger partial charge in [0.2, 0.25) is 5.82 Å². The summed E-state index contributed by atoms with van der Waals surface area (Å²) in [7, 11) is 3.56. The zero-order chi connectivity index (χ0) is 18.1. The van der Waals surface area contributed by atoms with Crippen LogP contribution in [0.3, 0.4) is 0 Å². The fraction of sp³-hybridized carbons (Fsp3) is 0.150. The number of methoxy groups -OCH3 is 1. The van der Waals surface area contributed by atoms with Crippen LogP contribution in [-0.4, -0.2) is 27.0 Å². The lowest BCUT2D eigenvalue weighted by Crippen LogP contribution is -1.93. The molecule has 4 rings (SSSR count). The van der Waals surface area contributed by atoms with Gasteiger partial charge in [0.25, 0.3) is 5.89 Å². The van der Waals surface area contributed by atoms with Gasteiger partial charge in [-0.25, -0.2) is 0 Å². The van der Waals surface area contributed by atoms with E-state index in [-0.39, 0.29) is 0 Å². The minimum absolute atomic E-state index is 0.492. The van der Waals surface area contributed by atoms with E-state index in [2.05, 4.69) is 15.2 Å². The minimum atomic E-state index is 0.492. The Balaban J connectivity index is 1.70. The number of benzene rings is 2. The number of hydrogen-bond donors (Lipinski definition) is 0. The fourth-order valence-corrected chi connectivity index (χ4v) is 2.93. The molecule has 2 aromatic carbocycles. The lowest BCUT2D eigenvalue weighted by atomic mass is 10.1. The molecular formula is C20H18N4O2. The normalized spacial score (nSPS) is 10.9. The van der Waals surface area contributed by atoms with Gasteiger partial charge in [0.05, 0.1) is 12.8 Å². The maximum absolute atomic E-state index is 5.49. The quantitative estimate of drug-likeness (QED) is 0.556. The van der Waals surface area contributed by atoms with Gasteiger partial charge in [0, 0.05) is 29.9 Å². The Bertz CT molecular complexity index is 1070. The third kappa shape index (κ3) is 2.86. The summed E-state index contributed by atoms with van der Waals surface area (Å²) in [5, 5.41) is 8.37. The summed E-state index contributed by atoms with van der Waals surface area (Å²) in [5.41, 5.74) is 4.89. The van der Waals surface area contributed by atoms with E-state index in [0.29, 0.717) is 11.7 Å². The van der Waals surface area contributed by atoms with Crippen LogP contribution in [0, 0.1) is 6.92 Å². The average molecular weight is 346 g/mol. The topological polar surface area (TPSA) is 66.0 Å². The fourth-order valence-electron chi connectivity index (χ4n) is 2.93. The highest BCUT2D eigenvalue weighted by molar-refractivity contribution is 5.69. The van der Waals surface area contributed by atoms with E-state index in [0.717, 1.165) is 33.7 Å². The lowest BCUT2D eigenvalue weighted by molar-refractivity contribution is 0.414. The van der Waals surface area contributed by atoms with Gasteiger partial charge < -0.3 is 9.26 Å². The zero-order valence-electron chi connectivity index (χ0n) is 14.8. The smallest absolute Gasteiger partial charge is 0.258 e. The third-order valence-electron chi connectivity index (χ3n) is 4.33. The summed E-state index contributed by atoms with van der Waals surface area (Å²) in [4.78, 5) is 4.57. The van der Waals surface area contributed by atoms with Gasteiger partial charge in [-0.1, -0.05) is 23.4 Å². The second-order valence-electron chi connectivity index (χ2n) is 6.02. The Labute approximate surface area is 151 Å². The van der Waals surface area contributed by atoms with Gasteiger partial charge >= 0.3 is 0 Å². The van der Waals surface area contributed by atoms with Gasteiger partial charge in [-0.2, -0.15) is 10.1 Å². The molecule has 0 radical (unpaired) electrons. The van der Waals surface area contributed by atoms with E-state index in [1.54, 1.807) is 13.3 Å². The summed E-state index contributed by atoms with van der Waals surface area (Å²) in [5.74, 6) is 1.85.